The van der Waals surface area contributed by atoms with Crippen LogP contribution in [0.15, 0.2) is 6.20 Å². The highest BCUT2D eigenvalue weighted by atomic mass is 16.5. The van der Waals surface area contributed by atoms with Gasteiger partial charge >= 0.3 is 0 Å². The molecule has 4 nitrogen and oxygen atoms in total. The highest BCUT2D eigenvalue weighted by molar-refractivity contribution is 5.23. The van der Waals surface area contributed by atoms with Crippen LogP contribution in [0.5, 0.6) is 0 Å². The van der Waals surface area contributed by atoms with Crippen LogP contribution in [0.1, 0.15) is 61.3 Å². The minimum atomic E-state index is 0.111. The van der Waals surface area contributed by atoms with E-state index in [1.54, 1.807) is 0 Å². The van der Waals surface area contributed by atoms with E-state index in [-0.39, 0.29) is 12.1 Å². The number of aromatic nitrogens is 2. The van der Waals surface area contributed by atoms with Gasteiger partial charge < -0.3 is 10.5 Å². The third-order valence-corrected chi connectivity index (χ3v) is 3.71. The van der Waals surface area contributed by atoms with Crippen LogP contribution in [0.3, 0.4) is 0 Å². The molecule has 2 N–H and O–H groups in total. The van der Waals surface area contributed by atoms with Crippen molar-refractivity contribution in [2.75, 3.05) is 6.61 Å². The summed E-state index contributed by atoms with van der Waals surface area (Å²) in [6, 6.07) is 0.117. The van der Waals surface area contributed by atoms with Gasteiger partial charge in [-0.25, -0.2) is 9.97 Å². The number of fused-ring (bicyclic) bond motifs is 1. The number of hydrogen-bond acceptors (Lipinski definition) is 4. The molecule has 3 rings (SSSR count). The van der Waals surface area contributed by atoms with Crippen molar-refractivity contribution in [3.8, 4) is 0 Å². The summed E-state index contributed by atoms with van der Waals surface area (Å²) in [4.78, 5) is 9.14. The number of nitrogens with zero attached hydrogens (tertiary/aromatic N) is 2. The van der Waals surface area contributed by atoms with E-state index < -0.39 is 0 Å². The lowest BCUT2D eigenvalue weighted by Crippen LogP contribution is -2.14. The largest absolute Gasteiger partial charge is 0.370 e. The first-order valence-electron chi connectivity index (χ1n) is 6.57. The highest BCUT2D eigenvalue weighted by Gasteiger charge is 2.23. The third kappa shape index (κ3) is 2.19. The minimum Gasteiger partial charge on any atom is -0.370 e. The third-order valence-electron chi connectivity index (χ3n) is 3.71. The Hall–Kier alpha value is -1.00. The zero-order chi connectivity index (χ0) is 11.7. The quantitative estimate of drug-likeness (QED) is 0.754. The van der Waals surface area contributed by atoms with Crippen LogP contribution in [-0.4, -0.2) is 16.6 Å². The van der Waals surface area contributed by atoms with Crippen molar-refractivity contribution < 1.29 is 4.74 Å². The van der Waals surface area contributed by atoms with Crippen molar-refractivity contribution >= 4 is 0 Å². The summed E-state index contributed by atoms with van der Waals surface area (Å²) in [5.41, 5.74) is 8.43. The molecule has 17 heavy (non-hydrogen) atoms. The Labute approximate surface area is 102 Å². The summed E-state index contributed by atoms with van der Waals surface area (Å²) in [6.07, 6.45) is 8.65. The maximum Gasteiger partial charge on any atom is 0.157 e. The summed E-state index contributed by atoms with van der Waals surface area (Å²) in [6.45, 7) is 0.838. The molecule has 0 bridgehead atoms. The van der Waals surface area contributed by atoms with Crippen LogP contribution < -0.4 is 5.73 Å². The number of nitrogens with two attached hydrogens (primary N) is 1. The van der Waals surface area contributed by atoms with Gasteiger partial charge in [0.25, 0.3) is 0 Å². The minimum absolute atomic E-state index is 0.111. The molecule has 1 fully saturated rings. The predicted molar refractivity (Wildman–Crippen MR) is 64.4 cm³/mol. The first kappa shape index (κ1) is 11.1. The van der Waals surface area contributed by atoms with E-state index in [0.717, 1.165) is 49.4 Å². The Balaban J connectivity index is 1.91. The second-order valence-corrected chi connectivity index (χ2v) is 4.98. The smallest absolute Gasteiger partial charge is 0.157 e. The normalized spacial score (nSPS) is 28.8. The highest BCUT2D eigenvalue weighted by Crippen LogP contribution is 2.29. The summed E-state index contributed by atoms with van der Waals surface area (Å²) < 4.78 is 5.63. The Bertz CT molecular complexity index is 402. The van der Waals surface area contributed by atoms with E-state index in [4.69, 9.17) is 10.5 Å². The monoisotopic (exact) mass is 233 g/mol. The van der Waals surface area contributed by atoms with Crippen LogP contribution in [0, 0.1) is 0 Å². The number of hydrogen-bond donors (Lipinski definition) is 1. The van der Waals surface area contributed by atoms with Crippen molar-refractivity contribution in [1.29, 1.82) is 0 Å². The fourth-order valence-corrected chi connectivity index (χ4v) is 2.70. The fraction of sp³-hybridized carbons (Fsp3) is 0.692. The van der Waals surface area contributed by atoms with E-state index in [2.05, 4.69) is 9.97 Å². The molecule has 0 spiro atoms. The molecule has 4 heteroatoms. The number of ether oxygens (including phenoxy) is 1. The number of rotatable bonds is 1. The molecule has 0 amide bonds. The van der Waals surface area contributed by atoms with Gasteiger partial charge in [-0.15, -0.1) is 0 Å². The maximum atomic E-state index is 6.14. The zero-order valence-corrected chi connectivity index (χ0v) is 10.1. The average molecular weight is 233 g/mol. The lowest BCUT2D eigenvalue weighted by atomic mass is 10.1. The Morgan fingerprint density at radius 3 is 3.00 bits per heavy atom. The Morgan fingerprint density at radius 1 is 1.24 bits per heavy atom. The second-order valence-electron chi connectivity index (χ2n) is 4.98. The van der Waals surface area contributed by atoms with Crippen molar-refractivity contribution in [2.45, 2.75) is 50.7 Å². The van der Waals surface area contributed by atoms with Crippen LogP contribution in [-0.2, 0) is 11.2 Å². The van der Waals surface area contributed by atoms with Crippen molar-refractivity contribution in [3.05, 3.63) is 23.3 Å². The molecule has 0 radical (unpaired) electrons. The molecule has 1 aliphatic heterocycles. The molecule has 0 saturated carbocycles. The van der Waals surface area contributed by atoms with Gasteiger partial charge in [-0.2, -0.15) is 0 Å². The molecule has 2 unspecified atom stereocenters. The first-order valence-corrected chi connectivity index (χ1v) is 6.57. The van der Waals surface area contributed by atoms with E-state index >= 15 is 0 Å². The lowest BCUT2D eigenvalue weighted by Gasteiger charge is -2.14. The molecule has 1 aromatic heterocycles. The van der Waals surface area contributed by atoms with Crippen LogP contribution in [0.25, 0.3) is 0 Å². The van der Waals surface area contributed by atoms with Crippen LogP contribution in [0.4, 0.5) is 0 Å². The molecule has 1 aliphatic carbocycles. The molecular formula is C13H19N3O. The lowest BCUT2D eigenvalue weighted by molar-refractivity contribution is 0.105. The van der Waals surface area contributed by atoms with Crippen LogP contribution in [0.2, 0.25) is 0 Å². The standard InChI is InChI=1S/C13H19N3O/c14-10-4-1-2-5-11-9(10)8-15-13(16-11)12-6-3-7-17-12/h8,10,12H,1-7,14H2. The van der Waals surface area contributed by atoms with E-state index in [1.165, 1.54) is 12.8 Å². The van der Waals surface area contributed by atoms with Gasteiger partial charge in [0.1, 0.15) is 6.10 Å². The second kappa shape index (κ2) is 4.70. The van der Waals surface area contributed by atoms with Gasteiger partial charge in [-0.05, 0) is 32.1 Å². The molecule has 0 aromatic carbocycles. The predicted octanol–water partition coefficient (Wildman–Crippen LogP) is 2.05. The van der Waals surface area contributed by atoms with Gasteiger partial charge in [0.15, 0.2) is 5.82 Å². The van der Waals surface area contributed by atoms with E-state index in [9.17, 15) is 0 Å². The van der Waals surface area contributed by atoms with Crippen molar-refractivity contribution in [2.24, 2.45) is 5.73 Å². The van der Waals surface area contributed by atoms with Gasteiger partial charge in [-0.1, -0.05) is 6.42 Å². The van der Waals surface area contributed by atoms with E-state index in [0.29, 0.717) is 0 Å². The van der Waals surface area contributed by atoms with E-state index in [1.807, 2.05) is 6.20 Å². The van der Waals surface area contributed by atoms with Gasteiger partial charge in [0, 0.05) is 30.1 Å². The maximum absolute atomic E-state index is 6.14. The summed E-state index contributed by atoms with van der Waals surface area (Å²) >= 11 is 0. The molecule has 1 saturated heterocycles. The number of aryl methyl sites for hydroxylation is 1. The molecule has 2 heterocycles. The molecule has 92 valence electrons. The Morgan fingerprint density at radius 2 is 2.18 bits per heavy atom. The summed E-state index contributed by atoms with van der Waals surface area (Å²) in [5.74, 6) is 0.857. The molecule has 2 aliphatic rings. The zero-order valence-electron chi connectivity index (χ0n) is 10.1. The summed E-state index contributed by atoms with van der Waals surface area (Å²) in [5, 5.41) is 0. The average Bonchev–Trinajstić information content (AvgIpc) is 2.82. The van der Waals surface area contributed by atoms with Crippen molar-refractivity contribution in [1.82, 2.24) is 9.97 Å². The molecule has 1 aromatic rings. The molecular weight excluding hydrogens is 214 g/mol. The topological polar surface area (TPSA) is 61.0 Å². The summed E-state index contributed by atoms with van der Waals surface area (Å²) in [7, 11) is 0. The van der Waals surface area contributed by atoms with Crippen LogP contribution >= 0.6 is 0 Å². The molecule has 2 atom stereocenters. The van der Waals surface area contributed by atoms with Gasteiger partial charge in [0.2, 0.25) is 0 Å². The SMILES string of the molecule is NC1CCCCc2nc(C3CCCO3)ncc21. The van der Waals surface area contributed by atoms with Crippen molar-refractivity contribution in [3.63, 3.8) is 0 Å². The first-order chi connectivity index (χ1) is 8.34. The van der Waals surface area contributed by atoms with Gasteiger partial charge in [0.05, 0.1) is 0 Å². The van der Waals surface area contributed by atoms with Gasteiger partial charge in [-0.3, -0.25) is 0 Å². The fourth-order valence-electron chi connectivity index (χ4n) is 2.70. The Kier molecular flexibility index (Phi) is 3.07.